The SMILES string of the molecule is Cc1ccc(N(CC(=O)NCCSCc2ccccc2Cl)S(=O)(=O)c2ccc(F)cc2)cc1. The molecule has 174 valence electrons. The van der Waals surface area contributed by atoms with Crippen LogP contribution >= 0.6 is 23.4 Å². The highest BCUT2D eigenvalue weighted by molar-refractivity contribution is 7.98. The predicted molar refractivity (Wildman–Crippen MR) is 133 cm³/mol. The topological polar surface area (TPSA) is 66.5 Å². The smallest absolute Gasteiger partial charge is 0.264 e. The van der Waals surface area contributed by atoms with Gasteiger partial charge in [0.2, 0.25) is 5.91 Å². The summed E-state index contributed by atoms with van der Waals surface area (Å²) in [7, 11) is -4.07. The van der Waals surface area contributed by atoms with Crippen LogP contribution in [0.15, 0.2) is 77.7 Å². The average Bonchev–Trinajstić information content (AvgIpc) is 2.79. The molecule has 5 nitrogen and oxygen atoms in total. The number of anilines is 1. The molecule has 0 atom stereocenters. The molecule has 0 spiro atoms. The number of carbonyl (C=O) groups excluding carboxylic acids is 1. The van der Waals surface area contributed by atoms with Crippen LogP contribution in [0.25, 0.3) is 0 Å². The van der Waals surface area contributed by atoms with Gasteiger partial charge in [0.25, 0.3) is 10.0 Å². The number of sulfonamides is 1. The Hall–Kier alpha value is -2.55. The minimum absolute atomic E-state index is 0.0902. The van der Waals surface area contributed by atoms with Crippen molar-refractivity contribution in [3.8, 4) is 0 Å². The number of halogens is 2. The molecular formula is C24H24ClFN2O3S2. The Bertz CT molecular complexity index is 1190. The number of nitrogens with one attached hydrogen (secondary N) is 1. The molecule has 1 amide bonds. The van der Waals surface area contributed by atoms with Crippen molar-refractivity contribution >= 4 is 45.0 Å². The normalized spacial score (nSPS) is 11.2. The molecule has 0 aliphatic carbocycles. The first kappa shape index (κ1) is 25.1. The maximum absolute atomic E-state index is 13.3. The van der Waals surface area contributed by atoms with Crippen molar-refractivity contribution in [1.82, 2.24) is 5.32 Å². The molecule has 3 aromatic rings. The lowest BCUT2D eigenvalue weighted by atomic mass is 10.2. The van der Waals surface area contributed by atoms with E-state index in [1.807, 2.05) is 31.2 Å². The molecule has 0 bridgehead atoms. The first-order chi connectivity index (χ1) is 15.8. The van der Waals surface area contributed by atoms with Crippen molar-refractivity contribution in [1.29, 1.82) is 0 Å². The summed E-state index contributed by atoms with van der Waals surface area (Å²) in [4.78, 5) is 12.5. The zero-order chi connectivity index (χ0) is 23.8. The van der Waals surface area contributed by atoms with E-state index in [1.54, 1.807) is 36.0 Å². The lowest BCUT2D eigenvalue weighted by molar-refractivity contribution is -0.119. The molecule has 0 aliphatic heterocycles. The number of rotatable bonds is 10. The summed E-state index contributed by atoms with van der Waals surface area (Å²) in [5.74, 6) is 0.387. The van der Waals surface area contributed by atoms with Gasteiger partial charge in [-0.2, -0.15) is 11.8 Å². The van der Waals surface area contributed by atoms with E-state index < -0.39 is 28.3 Å². The Morgan fingerprint density at radius 2 is 1.70 bits per heavy atom. The third-order valence-corrected chi connectivity index (χ3v) is 7.96. The van der Waals surface area contributed by atoms with Gasteiger partial charge in [0.05, 0.1) is 10.6 Å². The predicted octanol–water partition coefficient (Wildman–Crippen LogP) is 5.03. The number of benzene rings is 3. The molecule has 1 N–H and O–H groups in total. The Morgan fingerprint density at radius 1 is 1.03 bits per heavy atom. The number of aryl methyl sites for hydroxylation is 1. The fourth-order valence-corrected chi connectivity index (χ4v) is 5.57. The highest BCUT2D eigenvalue weighted by Crippen LogP contribution is 2.24. The number of carbonyl (C=O) groups is 1. The second kappa shape index (κ2) is 11.5. The molecule has 0 aliphatic rings. The molecule has 3 rings (SSSR count). The highest BCUT2D eigenvalue weighted by atomic mass is 35.5. The van der Waals surface area contributed by atoms with Crippen LogP contribution in [-0.4, -0.2) is 33.2 Å². The van der Waals surface area contributed by atoms with E-state index in [4.69, 9.17) is 11.6 Å². The molecule has 0 saturated heterocycles. The monoisotopic (exact) mass is 506 g/mol. The van der Waals surface area contributed by atoms with Gasteiger partial charge in [-0.25, -0.2) is 12.8 Å². The Balaban J connectivity index is 1.64. The molecule has 0 fully saturated rings. The van der Waals surface area contributed by atoms with Gasteiger partial charge in [0, 0.05) is 23.1 Å². The fraction of sp³-hybridized carbons (Fsp3) is 0.208. The summed E-state index contributed by atoms with van der Waals surface area (Å²) in [6.07, 6.45) is 0. The molecule has 0 saturated carbocycles. The summed E-state index contributed by atoms with van der Waals surface area (Å²) in [5.41, 5.74) is 2.33. The fourth-order valence-electron chi connectivity index (χ4n) is 3.01. The van der Waals surface area contributed by atoms with E-state index in [0.717, 1.165) is 27.6 Å². The van der Waals surface area contributed by atoms with Crippen LogP contribution in [0, 0.1) is 12.7 Å². The minimum Gasteiger partial charge on any atom is -0.354 e. The molecule has 0 heterocycles. The maximum Gasteiger partial charge on any atom is 0.264 e. The van der Waals surface area contributed by atoms with Gasteiger partial charge < -0.3 is 5.32 Å². The highest BCUT2D eigenvalue weighted by Gasteiger charge is 2.27. The van der Waals surface area contributed by atoms with Crippen molar-refractivity contribution in [3.05, 3.63) is 94.8 Å². The van der Waals surface area contributed by atoms with Gasteiger partial charge in [-0.1, -0.05) is 47.5 Å². The van der Waals surface area contributed by atoms with Gasteiger partial charge in [-0.05, 0) is 55.0 Å². The Labute approximate surface area is 203 Å². The first-order valence-corrected chi connectivity index (χ1v) is 13.2. The van der Waals surface area contributed by atoms with Crippen LogP contribution in [0.5, 0.6) is 0 Å². The van der Waals surface area contributed by atoms with Crippen LogP contribution < -0.4 is 9.62 Å². The lowest BCUT2D eigenvalue weighted by Crippen LogP contribution is -2.41. The Kier molecular flexibility index (Phi) is 8.77. The second-order valence-electron chi connectivity index (χ2n) is 7.30. The molecule has 0 unspecified atom stereocenters. The number of amides is 1. The van der Waals surface area contributed by atoms with Crippen LogP contribution in [0.4, 0.5) is 10.1 Å². The van der Waals surface area contributed by atoms with Crippen LogP contribution in [0.2, 0.25) is 5.02 Å². The van der Waals surface area contributed by atoms with Crippen molar-refractivity contribution in [2.24, 2.45) is 0 Å². The van der Waals surface area contributed by atoms with Crippen molar-refractivity contribution in [2.45, 2.75) is 17.6 Å². The van der Waals surface area contributed by atoms with Gasteiger partial charge in [-0.15, -0.1) is 0 Å². The zero-order valence-electron chi connectivity index (χ0n) is 18.0. The summed E-state index contributed by atoms with van der Waals surface area (Å²) < 4.78 is 40.8. The molecule has 9 heteroatoms. The lowest BCUT2D eigenvalue weighted by Gasteiger charge is -2.24. The van der Waals surface area contributed by atoms with Crippen LogP contribution in [-0.2, 0) is 20.6 Å². The van der Waals surface area contributed by atoms with E-state index in [-0.39, 0.29) is 4.90 Å². The third kappa shape index (κ3) is 6.96. The number of hydrogen-bond donors (Lipinski definition) is 1. The summed E-state index contributed by atoms with van der Waals surface area (Å²) in [6, 6.07) is 18.9. The summed E-state index contributed by atoms with van der Waals surface area (Å²) in [5, 5.41) is 3.47. The van der Waals surface area contributed by atoms with Crippen molar-refractivity contribution in [2.75, 3.05) is 23.1 Å². The number of nitrogens with zero attached hydrogens (tertiary/aromatic N) is 1. The van der Waals surface area contributed by atoms with E-state index in [2.05, 4.69) is 5.32 Å². The van der Waals surface area contributed by atoms with Gasteiger partial charge in [-0.3, -0.25) is 9.10 Å². The standard InChI is InChI=1S/C24H24ClFN2O3S2/c1-18-6-10-21(11-7-18)28(33(30,31)22-12-8-20(26)9-13-22)16-24(29)27-14-15-32-17-19-4-2-3-5-23(19)25/h2-13H,14-17H2,1H3,(H,27,29). The third-order valence-electron chi connectivity index (χ3n) is 4.79. The van der Waals surface area contributed by atoms with E-state index in [9.17, 15) is 17.6 Å². The van der Waals surface area contributed by atoms with Gasteiger partial charge in [0.1, 0.15) is 12.4 Å². The molecule has 0 aromatic heterocycles. The molecule has 33 heavy (non-hydrogen) atoms. The molecular weight excluding hydrogens is 483 g/mol. The Morgan fingerprint density at radius 3 is 2.36 bits per heavy atom. The molecule has 3 aromatic carbocycles. The largest absolute Gasteiger partial charge is 0.354 e. The van der Waals surface area contributed by atoms with Gasteiger partial charge >= 0.3 is 0 Å². The average molecular weight is 507 g/mol. The van der Waals surface area contributed by atoms with Gasteiger partial charge in [0.15, 0.2) is 0 Å². The van der Waals surface area contributed by atoms with E-state index in [0.29, 0.717) is 28.8 Å². The minimum atomic E-state index is -4.07. The summed E-state index contributed by atoms with van der Waals surface area (Å²) >= 11 is 7.76. The van der Waals surface area contributed by atoms with Crippen molar-refractivity contribution in [3.63, 3.8) is 0 Å². The zero-order valence-corrected chi connectivity index (χ0v) is 20.4. The second-order valence-corrected chi connectivity index (χ2v) is 10.7. The number of thioether (sulfide) groups is 1. The van der Waals surface area contributed by atoms with Crippen molar-refractivity contribution < 1.29 is 17.6 Å². The molecule has 0 radical (unpaired) electrons. The summed E-state index contributed by atoms with van der Waals surface area (Å²) in [6.45, 7) is 1.87. The van der Waals surface area contributed by atoms with Crippen LogP contribution in [0.3, 0.4) is 0 Å². The van der Waals surface area contributed by atoms with E-state index in [1.165, 1.54) is 12.1 Å². The quantitative estimate of drug-likeness (QED) is 0.391. The first-order valence-electron chi connectivity index (χ1n) is 10.2. The number of hydrogen-bond acceptors (Lipinski definition) is 4. The van der Waals surface area contributed by atoms with Crippen LogP contribution in [0.1, 0.15) is 11.1 Å². The van der Waals surface area contributed by atoms with E-state index >= 15 is 0 Å². The maximum atomic E-state index is 13.3.